The smallest absolute Gasteiger partial charge is 0.325 e. The molecule has 2 fully saturated rings. The number of likely N-dealkylation sites (tertiary alicyclic amines) is 2. The maximum atomic E-state index is 13.2. The average Bonchev–Trinajstić information content (AvgIpc) is 3.49. The Morgan fingerprint density at radius 2 is 1.74 bits per heavy atom. The van der Waals surface area contributed by atoms with Gasteiger partial charge in [0.05, 0.1) is 12.1 Å². The van der Waals surface area contributed by atoms with Crippen LogP contribution in [0.2, 0.25) is 0 Å². The SMILES string of the molecule is CCOCCOc1cc2c(ccn2C(=O)NC)cc1Oc1ccnc(NC(=O)c2ccc(C3CCN(C4CN(CC)C4)CC3)cc2)c1. The van der Waals surface area contributed by atoms with Crippen LogP contribution in [0.3, 0.4) is 0 Å². The molecule has 0 saturated carbocycles. The molecule has 11 nitrogen and oxygen atoms in total. The fourth-order valence-corrected chi connectivity index (χ4v) is 6.38. The van der Waals surface area contributed by atoms with Crippen molar-refractivity contribution in [1.29, 1.82) is 0 Å². The summed E-state index contributed by atoms with van der Waals surface area (Å²) in [5.74, 6) is 2.05. The number of rotatable bonds is 12. The number of hydrogen-bond acceptors (Lipinski definition) is 8. The van der Waals surface area contributed by atoms with Gasteiger partial charge in [-0.15, -0.1) is 0 Å². The molecule has 2 aliphatic heterocycles. The van der Waals surface area contributed by atoms with E-state index in [1.807, 2.05) is 31.2 Å². The highest BCUT2D eigenvalue weighted by Gasteiger charge is 2.33. The fourth-order valence-electron chi connectivity index (χ4n) is 6.38. The Morgan fingerprint density at radius 3 is 2.47 bits per heavy atom. The summed E-state index contributed by atoms with van der Waals surface area (Å²) in [6.07, 6.45) is 5.58. The number of nitrogens with one attached hydrogen (secondary N) is 2. The topological polar surface area (TPSA) is 110 Å². The Kier molecular flexibility index (Phi) is 10.4. The third-order valence-corrected chi connectivity index (χ3v) is 9.15. The van der Waals surface area contributed by atoms with Gasteiger partial charge < -0.3 is 29.7 Å². The van der Waals surface area contributed by atoms with Crippen LogP contribution in [0.25, 0.3) is 10.9 Å². The van der Waals surface area contributed by atoms with Crippen LogP contribution >= 0.6 is 0 Å². The second-order valence-corrected chi connectivity index (χ2v) is 12.0. The molecule has 2 amide bonds. The van der Waals surface area contributed by atoms with Crippen LogP contribution in [0.5, 0.6) is 17.2 Å². The minimum absolute atomic E-state index is 0.238. The lowest BCUT2D eigenvalue weighted by molar-refractivity contribution is 0.0236. The highest BCUT2D eigenvalue weighted by Crippen LogP contribution is 2.37. The van der Waals surface area contributed by atoms with Gasteiger partial charge in [0.1, 0.15) is 18.2 Å². The van der Waals surface area contributed by atoms with E-state index in [2.05, 4.69) is 44.5 Å². The largest absolute Gasteiger partial charge is 0.487 e. The predicted octanol–water partition coefficient (Wildman–Crippen LogP) is 5.57. The van der Waals surface area contributed by atoms with Gasteiger partial charge in [-0.25, -0.2) is 9.78 Å². The molecule has 6 rings (SSSR count). The molecule has 2 aromatic heterocycles. The van der Waals surface area contributed by atoms with Crippen molar-refractivity contribution in [2.45, 2.75) is 38.6 Å². The van der Waals surface area contributed by atoms with Gasteiger partial charge in [-0.1, -0.05) is 19.1 Å². The molecular weight excluding hydrogens is 596 g/mol. The maximum Gasteiger partial charge on any atom is 0.325 e. The Bertz CT molecular complexity index is 1680. The molecule has 47 heavy (non-hydrogen) atoms. The molecule has 2 N–H and O–H groups in total. The normalized spacial score (nSPS) is 16.1. The van der Waals surface area contributed by atoms with E-state index < -0.39 is 0 Å². The lowest BCUT2D eigenvalue weighted by Crippen LogP contribution is -2.60. The Morgan fingerprint density at radius 1 is 0.957 bits per heavy atom. The van der Waals surface area contributed by atoms with E-state index in [0.29, 0.717) is 65.9 Å². The number of likely N-dealkylation sites (N-methyl/N-ethyl adjacent to an activating group) is 1. The van der Waals surface area contributed by atoms with E-state index in [1.165, 1.54) is 23.2 Å². The first-order valence-electron chi connectivity index (χ1n) is 16.5. The molecule has 0 aliphatic carbocycles. The molecule has 2 aromatic carbocycles. The number of fused-ring (bicyclic) bond motifs is 1. The van der Waals surface area contributed by atoms with Crippen molar-refractivity contribution in [3.05, 3.63) is 78.1 Å². The molecule has 11 heteroatoms. The molecule has 0 unspecified atom stereocenters. The third-order valence-electron chi connectivity index (χ3n) is 9.15. The summed E-state index contributed by atoms with van der Waals surface area (Å²) in [6.45, 7) is 11.3. The molecule has 0 atom stereocenters. The highest BCUT2D eigenvalue weighted by atomic mass is 16.5. The van der Waals surface area contributed by atoms with E-state index in [0.717, 1.165) is 37.9 Å². The molecule has 0 spiro atoms. The Labute approximate surface area is 275 Å². The molecule has 4 aromatic rings. The number of hydrogen-bond donors (Lipinski definition) is 2. The summed E-state index contributed by atoms with van der Waals surface area (Å²) in [4.78, 5) is 35.0. The molecular formula is C36H44N6O5. The number of ether oxygens (including phenoxy) is 3. The Hall–Kier alpha value is -4.45. The number of piperidine rings is 1. The van der Waals surface area contributed by atoms with Crippen LogP contribution in [0.4, 0.5) is 10.6 Å². The standard InChI is InChI=1S/C36H44N6O5/c1-4-40-23-29(24-40)41-15-11-26(12-16-41)25-6-8-27(9-7-25)35(43)39-34-21-30(10-14-38-34)47-33-20-28-13-17-42(36(44)37-3)31(28)22-32(33)46-19-18-45-5-2/h6-10,13-14,17,20-22,26,29H,4-5,11-12,15-16,18-19,23-24H2,1-3H3,(H,37,44)(H,38,39,43). The number of aromatic nitrogens is 2. The van der Waals surface area contributed by atoms with Crippen LogP contribution < -0.4 is 20.1 Å². The summed E-state index contributed by atoms with van der Waals surface area (Å²) in [6, 6.07) is 17.2. The van der Waals surface area contributed by atoms with Crippen molar-refractivity contribution in [3.63, 3.8) is 0 Å². The zero-order valence-corrected chi connectivity index (χ0v) is 27.4. The lowest BCUT2D eigenvalue weighted by atomic mass is 9.88. The maximum absolute atomic E-state index is 13.2. The molecule has 2 aliphatic rings. The van der Waals surface area contributed by atoms with Crippen molar-refractivity contribution < 1.29 is 23.8 Å². The molecule has 0 radical (unpaired) electrons. The Balaban J connectivity index is 1.09. The van der Waals surface area contributed by atoms with Gasteiger partial charge >= 0.3 is 6.03 Å². The number of carbonyl (C=O) groups excluding carboxylic acids is 2. The van der Waals surface area contributed by atoms with Crippen molar-refractivity contribution in [2.75, 3.05) is 64.9 Å². The van der Waals surface area contributed by atoms with Gasteiger partial charge in [-0.05, 0) is 81.2 Å². The van der Waals surface area contributed by atoms with E-state index >= 15 is 0 Å². The monoisotopic (exact) mass is 640 g/mol. The predicted molar refractivity (Wildman–Crippen MR) is 182 cm³/mol. The highest BCUT2D eigenvalue weighted by molar-refractivity contribution is 6.03. The molecule has 4 heterocycles. The summed E-state index contributed by atoms with van der Waals surface area (Å²) in [7, 11) is 1.58. The van der Waals surface area contributed by atoms with Crippen LogP contribution in [0.15, 0.2) is 67.0 Å². The van der Waals surface area contributed by atoms with Crippen LogP contribution in [0, 0.1) is 0 Å². The van der Waals surface area contributed by atoms with Gasteiger partial charge in [-0.3, -0.25) is 14.3 Å². The molecule has 2 saturated heterocycles. The number of carbonyl (C=O) groups is 2. The zero-order valence-electron chi connectivity index (χ0n) is 27.4. The summed E-state index contributed by atoms with van der Waals surface area (Å²) < 4.78 is 19.2. The van der Waals surface area contributed by atoms with E-state index in [4.69, 9.17) is 14.2 Å². The first-order chi connectivity index (χ1) is 22.9. The van der Waals surface area contributed by atoms with Crippen molar-refractivity contribution >= 4 is 28.7 Å². The zero-order chi connectivity index (χ0) is 32.8. The summed E-state index contributed by atoms with van der Waals surface area (Å²) in [5, 5.41) is 6.35. The minimum Gasteiger partial charge on any atom is -0.487 e. The molecule has 0 bridgehead atoms. The number of amides is 2. The third kappa shape index (κ3) is 7.59. The van der Waals surface area contributed by atoms with Crippen molar-refractivity contribution in [2.24, 2.45) is 0 Å². The van der Waals surface area contributed by atoms with Crippen molar-refractivity contribution in [1.82, 2.24) is 24.7 Å². The first kappa shape index (κ1) is 32.5. The number of benzene rings is 2. The van der Waals surface area contributed by atoms with Crippen LogP contribution in [0.1, 0.15) is 48.5 Å². The molecule has 248 valence electrons. The summed E-state index contributed by atoms with van der Waals surface area (Å²) >= 11 is 0. The van der Waals surface area contributed by atoms with Crippen LogP contribution in [-0.2, 0) is 4.74 Å². The van der Waals surface area contributed by atoms with Gasteiger partial charge in [0.15, 0.2) is 11.5 Å². The second kappa shape index (κ2) is 15.0. The number of anilines is 1. The number of pyridine rings is 1. The average molecular weight is 641 g/mol. The van der Waals surface area contributed by atoms with Crippen LogP contribution in [-0.4, -0.2) is 96.9 Å². The fraction of sp³-hybridized carbons (Fsp3) is 0.417. The van der Waals surface area contributed by atoms with E-state index in [-0.39, 0.29) is 11.9 Å². The van der Waals surface area contributed by atoms with Crippen molar-refractivity contribution in [3.8, 4) is 17.2 Å². The lowest BCUT2D eigenvalue weighted by Gasteiger charge is -2.47. The van der Waals surface area contributed by atoms with Gasteiger partial charge in [-0.2, -0.15) is 0 Å². The minimum atomic E-state index is -0.258. The van der Waals surface area contributed by atoms with Gasteiger partial charge in [0.2, 0.25) is 0 Å². The van der Waals surface area contributed by atoms with Gasteiger partial charge in [0, 0.05) is 68.3 Å². The van der Waals surface area contributed by atoms with E-state index in [1.54, 1.807) is 37.6 Å². The first-order valence-corrected chi connectivity index (χ1v) is 16.5. The van der Waals surface area contributed by atoms with E-state index in [9.17, 15) is 9.59 Å². The number of nitrogens with zero attached hydrogens (tertiary/aromatic N) is 4. The quantitative estimate of drug-likeness (QED) is 0.194. The second-order valence-electron chi connectivity index (χ2n) is 12.0. The summed E-state index contributed by atoms with van der Waals surface area (Å²) in [5.41, 5.74) is 2.55. The van der Waals surface area contributed by atoms with Gasteiger partial charge in [0.25, 0.3) is 5.91 Å².